The molecule has 0 fully saturated rings. The Morgan fingerprint density at radius 2 is 1.94 bits per heavy atom. The standard InChI is InChI=1S/C24H18N4O2S3/c1-13(29)28-9-8-15-20(11-28)33-24(21(15)23-26-17-4-2-3-5-18(17)32-23)27-22(30)14-6-7-16-19(10-14)31-12-25-16/h2-7,10,12H,8-9,11H2,1H3,(H,27,30). The Hall–Kier alpha value is -3.14. The van der Waals surface area contributed by atoms with Gasteiger partial charge in [-0.25, -0.2) is 9.97 Å². The summed E-state index contributed by atoms with van der Waals surface area (Å²) in [6.07, 6.45) is 0.749. The van der Waals surface area contributed by atoms with Gasteiger partial charge in [-0.1, -0.05) is 12.1 Å². The number of benzene rings is 2. The molecule has 0 saturated heterocycles. The third-order valence-electron chi connectivity index (χ3n) is 5.83. The lowest BCUT2D eigenvalue weighted by molar-refractivity contribution is -0.129. The fourth-order valence-corrected chi connectivity index (χ4v) is 7.22. The molecule has 1 aliphatic heterocycles. The molecule has 0 spiro atoms. The Balaban J connectivity index is 1.43. The minimum atomic E-state index is -0.158. The van der Waals surface area contributed by atoms with Gasteiger partial charge >= 0.3 is 0 Å². The molecule has 4 heterocycles. The minimum Gasteiger partial charge on any atom is -0.337 e. The number of nitrogens with one attached hydrogen (secondary N) is 1. The van der Waals surface area contributed by atoms with E-state index in [0.717, 1.165) is 47.3 Å². The minimum absolute atomic E-state index is 0.0685. The van der Waals surface area contributed by atoms with Gasteiger partial charge in [0.05, 0.1) is 32.5 Å². The first kappa shape index (κ1) is 20.5. The zero-order valence-corrected chi connectivity index (χ0v) is 20.1. The first-order valence-electron chi connectivity index (χ1n) is 10.5. The van der Waals surface area contributed by atoms with Gasteiger partial charge in [-0.15, -0.1) is 34.0 Å². The highest BCUT2D eigenvalue weighted by atomic mass is 32.1. The molecule has 0 atom stereocenters. The van der Waals surface area contributed by atoms with Crippen LogP contribution >= 0.6 is 34.0 Å². The highest BCUT2D eigenvalue weighted by molar-refractivity contribution is 7.23. The van der Waals surface area contributed by atoms with Crippen LogP contribution in [0.25, 0.3) is 31.0 Å². The second-order valence-corrected chi connectivity index (χ2v) is 10.9. The predicted molar refractivity (Wildman–Crippen MR) is 135 cm³/mol. The Morgan fingerprint density at radius 1 is 1.06 bits per heavy atom. The summed E-state index contributed by atoms with van der Waals surface area (Å²) in [5, 5.41) is 4.85. The topological polar surface area (TPSA) is 75.2 Å². The molecule has 1 aliphatic rings. The zero-order chi connectivity index (χ0) is 22.5. The van der Waals surface area contributed by atoms with Gasteiger partial charge in [0.2, 0.25) is 5.91 Å². The molecule has 0 saturated carbocycles. The molecule has 2 amide bonds. The summed E-state index contributed by atoms with van der Waals surface area (Å²) in [6, 6.07) is 13.6. The van der Waals surface area contributed by atoms with Crippen LogP contribution in [0.5, 0.6) is 0 Å². The van der Waals surface area contributed by atoms with E-state index in [-0.39, 0.29) is 11.8 Å². The second kappa shape index (κ2) is 8.02. The number of fused-ring (bicyclic) bond motifs is 3. The number of aromatic nitrogens is 2. The van der Waals surface area contributed by atoms with Crippen molar-refractivity contribution in [1.82, 2.24) is 14.9 Å². The van der Waals surface area contributed by atoms with Gasteiger partial charge in [0, 0.05) is 29.5 Å². The van der Waals surface area contributed by atoms with E-state index in [1.807, 2.05) is 35.2 Å². The number of anilines is 1. The highest BCUT2D eigenvalue weighted by Gasteiger charge is 2.28. The first-order chi connectivity index (χ1) is 16.1. The van der Waals surface area contributed by atoms with Gasteiger partial charge in [-0.05, 0) is 42.3 Å². The van der Waals surface area contributed by atoms with Crippen molar-refractivity contribution in [1.29, 1.82) is 0 Å². The molecule has 6 nitrogen and oxygen atoms in total. The largest absolute Gasteiger partial charge is 0.337 e. The number of hydrogen-bond acceptors (Lipinski definition) is 7. The van der Waals surface area contributed by atoms with Crippen molar-refractivity contribution in [3.8, 4) is 10.6 Å². The average molecular weight is 491 g/mol. The summed E-state index contributed by atoms with van der Waals surface area (Å²) < 4.78 is 2.10. The molecule has 9 heteroatoms. The fraction of sp³-hybridized carbons (Fsp3) is 0.167. The van der Waals surface area contributed by atoms with E-state index in [1.165, 1.54) is 16.9 Å². The van der Waals surface area contributed by atoms with Crippen LogP contribution in [0.1, 0.15) is 27.7 Å². The maximum atomic E-state index is 13.2. The van der Waals surface area contributed by atoms with Gasteiger partial charge in [0.15, 0.2) is 0 Å². The van der Waals surface area contributed by atoms with Crippen LogP contribution in [0, 0.1) is 0 Å². The van der Waals surface area contributed by atoms with Crippen molar-refractivity contribution in [2.45, 2.75) is 19.9 Å². The molecule has 33 heavy (non-hydrogen) atoms. The SMILES string of the molecule is CC(=O)N1CCc2c(sc(NC(=O)c3ccc4ncsc4c3)c2-c2nc3ccccc3s2)C1. The van der Waals surface area contributed by atoms with Crippen LogP contribution < -0.4 is 5.32 Å². The third kappa shape index (κ3) is 3.62. The molecule has 0 unspecified atom stereocenters. The number of amides is 2. The van der Waals surface area contributed by atoms with Crippen molar-refractivity contribution in [3.05, 3.63) is 64.0 Å². The number of rotatable bonds is 3. The van der Waals surface area contributed by atoms with Gasteiger partial charge in [0.25, 0.3) is 5.91 Å². The van der Waals surface area contributed by atoms with Crippen LogP contribution in [0.3, 0.4) is 0 Å². The molecule has 164 valence electrons. The van der Waals surface area contributed by atoms with Crippen molar-refractivity contribution in [2.75, 3.05) is 11.9 Å². The molecular weight excluding hydrogens is 472 g/mol. The number of carbonyl (C=O) groups is 2. The van der Waals surface area contributed by atoms with Crippen LogP contribution in [0.2, 0.25) is 0 Å². The first-order valence-corrected chi connectivity index (χ1v) is 13.0. The molecule has 1 N–H and O–H groups in total. The number of hydrogen-bond donors (Lipinski definition) is 1. The molecular formula is C24H18N4O2S3. The molecule has 5 aromatic rings. The number of carbonyl (C=O) groups excluding carboxylic acids is 2. The molecule has 0 radical (unpaired) electrons. The van der Waals surface area contributed by atoms with E-state index in [9.17, 15) is 9.59 Å². The summed E-state index contributed by atoms with van der Waals surface area (Å²) in [5.41, 5.74) is 6.40. The number of thiophene rings is 1. The van der Waals surface area contributed by atoms with Crippen LogP contribution in [0.15, 0.2) is 48.0 Å². The predicted octanol–water partition coefficient (Wildman–Crippen LogP) is 5.79. The summed E-state index contributed by atoms with van der Waals surface area (Å²) in [7, 11) is 0. The normalized spacial score (nSPS) is 13.4. The summed E-state index contributed by atoms with van der Waals surface area (Å²) >= 11 is 4.70. The number of thiazole rings is 2. The van der Waals surface area contributed by atoms with Gasteiger partial charge in [-0.2, -0.15) is 0 Å². The van der Waals surface area contributed by atoms with Crippen molar-refractivity contribution < 1.29 is 9.59 Å². The van der Waals surface area contributed by atoms with Crippen molar-refractivity contribution in [3.63, 3.8) is 0 Å². The van der Waals surface area contributed by atoms with E-state index in [1.54, 1.807) is 41.2 Å². The summed E-state index contributed by atoms with van der Waals surface area (Å²) in [6.45, 7) is 2.84. The van der Waals surface area contributed by atoms with E-state index in [0.29, 0.717) is 18.7 Å². The molecule has 0 bridgehead atoms. The van der Waals surface area contributed by atoms with E-state index >= 15 is 0 Å². The maximum absolute atomic E-state index is 13.2. The van der Waals surface area contributed by atoms with Crippen LogP contribution in [-0.4, -0.2) is 33.2 Å². The lowest BCUT2D eigenvalue weighted by Gasteiger charge is -2.26. The Kier molecular flexibility index (Phi) is 4.97. The van der Waals surface area contributed by atoms with Crippen molar-refractivity contribution in [2.24, 2.45) is 0 Å². The molecule has 0 aliphatic carbocycles. The molecule has 6 rings (SSSR count). The van der Waals surface area contributed by atoms with Crippen LogP contribution in [-0.2, 0) is 17.8 Å². The van der Waals surface area contributed by atoms with Gasteiger partial charge in [-0.3, -0.25) is 9.59 Å². The lowest BCUT2D eigenvalue weighted by Crippen LogP contribution is -2.33. The quantitative estimate of drug-likeness (QED) is 0.347. The van der Waals surface area contributed by atoms with E-state index in [4.69, 9.17) is 4.98 Å². The van der Waals surface area contributed by atoms with Gasteiger partial charge < -0.3 is 10.2 Å². The molecule has 3 aromatic heterocycles. The Labute approximate surface area is 201 Å². The second-order valence-electron chi connectivity index (χ2n) is 7.87. The molecule has 2 aromatic carbocycles. The van der Waals surface area contributed by atoms with Crippen molar-refractivity contribution >= 4 is 71.3 Å². The third-order valence-corrected chi connectivity index (χ3v) is 8.81. The summed E-state index contributed by atoms with van der Waals surface area (Å²) in [4.78, 5) is 37.3. The van der Waals surface area contributed by atoms with E-state index in [2.05, 4.69) is 16.4 Å². The Bertz CT molecular complexity index is 1510. The maximum Gasteiger partial charge on any atom is 0.256 e. The zero-order valence-electron chi connectivity index (χ0n) is 17.6. The van der Waals surface area contributed by atoms with E-state index < -0.39 is 0 Å². The Morgan fingerprint density at radius 3 is 2.79 bits per heavy atom. The fourth-order valence-electron chi connectivity index (χ4n) is 4.14. The van der Waals surface area contributed by atoms with Crippen LogP contribution in [0.4, 0.5) is 5.00 Å². The smallest absolute Gasteiger partial charge is 0.256 e. The lowest BCUT2D eigenvalue weighted by atomic mass is 10.0. The number of nitrogens with zero attached hydrogens (tertiary/aromatic N) is 3. The number of para-hydroxylation sites is 1. The monoisotopic (exact) mass is 490 g/mol. The average Bonchev–Trinajstić information content (AvgIpc) is 3.53. The van der Waals surface area contributed by atoms with Gasteiger partial charge in [0.1, 0.15) is 10.0 Å². The highest BCUT2D eigenvalue weighted by Crippen LogP contribution is 2.45. The summed E-state index contributed by atoms with van der Waals surface area (Å²) in [5.74, 6) is -0.0892.